The molecule has 0 bridgehead atoms. The molecule has 0 spiro atoms. The van der Waals surface area contributed by atoms with Gasteiger partial charge in [-0.3, -0.25) is 0 Å². The molecule has 0 aliphatic heterocycles. The van der Waals surface area contributed by atoms with Gasteiger partial charge in [0.05, 0.1) is 0 Å². The van der Waals surface area contributed by atoms with Crippen LogP contribution >= 0.6 is 39.0 Å². The van der Waals surface area contributed by atoms with Crippen molar-refractivity contribution >= 4 is 39.0 Å². The minimum absolute atomic E-state index is 0.570. The first-order valence-corrected chi connectivity index (χ1v) is 6.84. The molecule has 1 aromatic heterocycles. The maximum absolute atomic E-state index is 5.57. The molecular formula is C10H9BrN2S2. The molecule has 0 atom stereocenters. The normalized spacial score (nSPS) is 10.5. The number of rotatable bonds is 3. The Labute approximate surface area is 105 Å². The Morgan fingerprint density at radius 2 is 2.33 bits per heavy atom. The average molecular weight is 301 g/mol. The third kappa shape index (κ3) is 2.81. The van der Waals surface area contributed by atoms with E-state index in [1.807, 2.05) is 17.6 Å². The summed E-state index contributed by atoms with van der Waals surface area (Å²) in [4.78, 5) is 5.40. The minimum atomic E-state index is 0.570. The number of nitrogens with zero attached hydrogens (tertiary/aromatic N) is 1. The number of halogens is 1. The Morgan fingerprint density at radius 1 is 1.47 bits per heavy atom. The van der Waals surface area contributed by atoms with Gasteiger partial charge in [0, 0.05) is 27.5 Å². The quantitative estimate of drug-likeness (QED) is 0.943. The average Bonchev–Trinajstić information content (AvgIpc) is 2.74. The van der Waals surface area contributed by atoms with E-state index in [0.717, 1.165) is 14.4 Å². The van der Waals surface area contributed by atoms with E-state index in [2.05, 4.69) is 33.0 Å². The van der Waals surface area contributed by atoms with Crippen LogP contribution in [0.25, 0.3) is 0 Å². The van der Waals surface area contributed by atoms with Gasteiger partial charge in [0.25, 0.3) is 0 Å². The highest BCUT2D eigenvalue weighted by atomic mass is 79.9. The van der Waals surface area contributed by atoms with Crippen LogP contribution in [0.4, 0.5) is 0 Å². The summed E-state index contributed by atoms with van der Waals surface area (Å²) in [6.07, 6.45) is 1.81. The Hall–Kier alpha value is -0.360. The molecule has 2 nitrogen and oxygen atoms in total. The number of aromatic nitrogens is 1. The summed E-state index contributed by atoms with van der Waals surface area (Å²) in [5.74, 6) is 0. The molecule has 0 amide bonds. The third-order valence-corrected chi connectivity index (χ3v) is 4.72. The van der Waals surface area contributed by atoms with Gasteiger partial charge in [-0.15, -0.1) is 11.3 Å². The van der Waals surface area contributed by atoms with Gasteiger partial charge in [-0.2, -0.15) is 0 Å². The van der Waals surface area contributed by atoms with Crippen LogP contribution in [-0.4, -0.2) is 4.98 Å². The van der Waals surface area contributed by atoms with E-state index in [0.29, 0.717) is 6.54 Å². The van der Waals surface area contributed by atoms with Crippen molar-refractivity contribution in [1.82, 2.24) is 4.98 Å². The van der Waals surface area contributed by atoms with Gasteiger partial charge in [0.2, 0.25) is 0 Å². The summed E-state index contributed by atoms with van der Waals surface area (Å²) in [5, 5.41) is 1.98. The fourth-order valence-corrected chi connectivity index (χ4v) is 3.36. The smallest absolute Gasteiger partial charge is 0.154 e. The highest BCUT2D eigenvalue weighted by molar-refractivity contribution is 9.10. The molecule has 2 rings (SSSR count). The fourth-order valence-electron chi connectivity index (χ4n) is 1.11. The zero-order chi connectivity index (χ0) is 10.7. The summed E-state index contributed by atoms with van der Waals surface area (Å²) in [6.45, 7) is 0.570. The lowest BCUT2D eigenvalue weighted by Crippen LogP contribution is -1.95. The van der Waals surface area contributed by atoms with E-state index >= 15 is 0 Å². The van der Waals surface area contributed by atoms with Crippen molar-refractivity contribution in [2.24, 2.45) is 5.73 Å². The molecule has 0 radical (unpaired) electrons. The highest BCUT2D eigenvalue weighted by Gasteiger charge is 2.04. The highest BCUT2D eigenvalue weighted by Crippen LogP contribution is 2.34. The van der Waals surface area contributed by atoms with Crippen LogP contribution in [0.5, 0.6) is 0 Å². The van der Waals surface area contributed by atoms with Crippen molar-refractivity contribution in [2.45, 2.75) is 15.8 Å². The molecule has 0 unspecified atom stereocenters. The largest absolute Gasteiger partial charge is 0.326 e. The van der Waals surface area contributed by atoms with Gasteiger partial charge in [0.15, 0.2) is 4.34 Å². The minimum Gasteiger partial charge on any atom is -0.326 e. The SMILES string of the molecule is NCc1ccc(Sc2nccs2)c(Br)c1. The van der Waals surface area contributed by atoms with Crippen molar-refractivity contribution in [3.63, 3.8) is 0 Å². The van der Waals surface area contributed by atoms with Crippen molar-refractivity contribution in [3.8, 4) is 0 Å². The second-order valence-corrected chi connectivity index (χ2v) is 5.91. The summed E-state index contributed by atoms with van der Waals surface area (Å²) >= 11 is 6.84. The van der Waals surface area contributed by atoms with Crippen LogP contribution in [0.1, 0.15) is 5.56 Å². The molecule has 2 aromatic rings. The first kappa shape index (κ1) is 11.1. The lowest BCUT2D eigenvalue weighted by molar-refractivity contribution is 1.06. The lowest BCUT2D eigenvalue weighted by atomic mass is 10.2. The van der Waals surface area contributed by atoms with Crippen LogP contribution in [-0.2, 0) is 6.54 Å². The lowest BCUT2D eigenvalue weighted by Gasteiger charge is -2.03. The first-order valence-electron chi connectivity index (χ1n) is 4.35. The summed E-state index contributed by atoms with van der Waals surface area (Å²) in [6, 6.07) is 6.16. The van der Waals surface area contributed by atoms with Gasteiger partial charge >= 0.3 is 0 Å². The standard InChI is InChI=1S/C10H9BrN2S2/c11-8-5-7(6-12)1-2-9(8)15-10-13-3-4-14-10/h1-5H,6,12H2. The second-order valence-electron chi connectivity index (χ2n) is 2.87. The maximum Gasteiger partial charge on any atom is 0.154 e. The number of hydrogen-bond acceptors (Lipinski definition) is 4. The van der Waals surface area contributed by atoms with Crippen LogP contribution in [0, 0.1) is 0 Å². The first-order chi connectivity index (χ1) is 7.29. The van der Waals surface area contributed by atoms with Gasteiger partial charge in [0.1, 0.15) is 0 Å². The Kier molecular flexibility index (Phi) is 3.80. The molecule has 78 valence electrons. The molecule has 1 aromatic carbocycles. The molecular weight excluding hydrogens is 292 g/mol. The van der Waals surface area contributed by atoms with Crippen molar-refractivity contribution < 1.29 is 0 Å². The molecule has 15 heavy (non-hydrogen) atoms. The third-order valence-electron chi connectivity index (χ3n) is 1.84. The van der Waals surface area contributed by atoms with Crippen molar-refractivity contribution in [2.75, 3.05) is 0 Å². The van der Waals surface area contributed by atoms with Crippen LogP contribution in [0.2, 0.25) is 0 Å². The monoisotopic (exact) mass is 300 g/mol. The van der Waals surface area contributed by atoms with Crippen molar-refractivity contribution in [1.29, 1.82) is 0 Å². The molecule has 0 aliphatic rings. The van der Waals surface area contributed by atoms with Gasteiger partial charge in [-0.05, 0) is 33.6 Å². The van der Waals surface area contributed by atoms with Crippen LogP contribution in [0.15, 0.2) is 43.5 Å². The number of thiazole rings is 1. The molecule has 0 aliphatic carbocycles. The van der Waals surface area contributed by atoms with E-state index in [4.69, 9.17) is 5.73 Å². The van der Waals surface area contributed by atoms with Crippen LogP contribution < -0.4 is 5.73 Å². The fraction of sp³-hybridized carbons (Fsp3) is 0.100. The zero-order valence-corrected chi connectivity index (χ0v) is 11.0. The summed E-state index contributed by atoms with van der Waals surface area (Å²) in [5.41, 5.74) is 6.70. The number of benzene rings is 1. The molecule has 0 fully saturated rings. The van der Waals surface area contributed by atoms with E-state index < -0.39 is 0 Å². The molecule has 5 heteroatoms. The second kappa shape index (κ2) is 5.12. The van der Waals surface area contributed by atoms with Gasteiger partial charge < -0.3 is 5.73 Å². The molecule has 2 N–H and O–H groups in total. The number of nitrogens with two attached hydrogens (primary N) is 1. The molecule has 0 saturated heterocycles. The van der Waals surface area contributed by atoms with Gasteiger partial charge in [-0.25, -0.2) is 4.98 Å². The number of hydrogen-bond donors (Lipinski definition) is 1. The topological polar surface area (TPSA) is 38.9 Å². The maximum atomic E-state index is 5.57. The van der Waals surface area contributed by atoms with E-state index in [-0.39, 0.29) is 0 Å². The van der Waals surface area contributed by atoms with E-state index in [1.54, 1.807) is 23.1 Å². The molecule has 1 heterocycles. The Balaban J connectivity index is 2.22. The van der Waals surface area contributed by atoms with E-state index in [9.17, 15) is 0 Å². The van der Waals surface area contributed by atoms with Gasteiger partial charge in [-0.1, -0.05) is 17.8 Å². The molecule has 0 saturated carbocycles. The van der Waals surface area contributed by atoms with Crippen molar-refractivity contribution in [3.05, 3.63) is 39.8 Å². The predicted molar refractivity (Wildman–Crippen MR) is 68.3 cm³/mol. The Bertz CT molecular complexity index is 443. The van der Waals surface area contributed by atoms with E-state index in [1.165, 1.54) is 4.90 Å². The summed E-state index contributed by atoms with van der Waals surface area (Å²) in [7, 11) is 0. The zero-order valence-electron chi connectivity index (χ0n) is 7.81. The van der Waals surface area contributed by atoms with Crippen LogP contribution in [0.3, 0.4) is 0 Å². The Morgan fingerprint density at radius 3 is 2.93 bits per heavy atom. The summed E-state index contributed by atoms with van der Waals surface area (Å²) < 4.78 is 2.13. The predicted octanol–water partition coefficient (Wildman–Crippen LogP) is 3.52.